The summed E-state index contributed by atoms with van der Waals surface area (Å²) in [7, 11) is 1.84. The van der Waals surface area contributed by atoms with Gasteiger partial charge in [0.1, 0.15) is 9.30 Å². The molecule has 2 aliphatic rings. The van der Waals surface area contributed by atoms with Crippen LogP contribution in [-0.4, -0.2) is 34.4 Å². The van der Waals surface area contributed by atoms with Crippen LogP contribution in [-0.2, 0) is 14.9 Å². The molecule has 2 atom stereocenters. The van der Waals surface area contributed by atoms with E-state index in [4.69, 9.17) is 4.74 Å². The summed E-state index contributed by atoms with van der Waals surface area (Å²) in [5.41, 5.74) is 2.73. The third-order valence-electron chi connectivity index (χ3n) is 6.02. The zero-order valence-electron chi connectivity index (χ0n) is 17.3. The first kappa shape index (κ1) is 19.5. The highest BCUT2D eigenvalue weighted by Crippen LogP contribution is 2.66. The Balaban J connectivity index is 1.57. The molecule has 1 saturated carbocycles. The second kappa shape index (κ2) is 6.29. The van der Waals surface area contributed by atoms with Crippen molar-refractivity contribution in [2.75, 3.05) is 11.9 Å². The average Bonchev–Trinajstić information content (AvgIpc) is 3.31. The van der Waals surface area contributed by atoms with Crippen LogP contribution in [0, 0.1) is 3.70 Å². The molecule has 154 valence electrons. The number of likely N-dealkylation sites (N-methyl/N-ethyl adjacent to an activating group) is 1. The summed E-state index contributed by atoms with van der Waals surface area (Å²) in [4.78, 5) is 27.6. The van der Waals surface area contributed by atoms with Crippen molar-refractivity contribution < 1.29 is 14.3 Å². The number of hydrogen-bond acceptors (Lipinski definition) is 4. The van der Waals surface area contributed by atoms with Gasteiger partial charge < -0.3 is 9.64 Å². The number of nitrogens with zero attached hydrogens (tertiary/aromatic N) is 3. The Kier molecular flexibility index (Phi) is 4.10. The van der Waals surface area contributed by atoms with Gasteiger partial charge in [-0.1, -0.05) is 24.3 Å². The van der Waals surface area contributed by atoms with Gasteiger partial charge in [-0.3, -0.25) is 4.79 Å². The number of anilines is 1. The van der Waals surface area contributed by atoms with E-state index in [-0.39, 0.29) is 11.8 Å². The summed E-state index contributed by atoms with van der Waals surface area (Å²) >= 11 is 2.13. The Hall–Kier alpha value is -2.42. The molecule has 3 aromatic rings. The lowest BCUT2D eigenvalue weighted by Gasteiger charge is -2.19. The quantitative estimate of drug-likeness (QED) is 0.436. The minimum absolute atomic E-state index is 0.0835. The van der Waals surface area contributed by atoms with Crippen LogP contribution >= 0.6 is 22.6 Å². The topological polar surface area (TPSA) is 64.4 Å². The Morgan fingerprint density at radius 2 is 1.97 bits per heavy atom. The van der Waals surface area contributed by atoms with E-state index in [2.05, 4.69) is 39.8 Å². The Morgan fingerprint density at radius 3 is 2.70 bits per heavy atom. The molecule has 1 aliphatic heterocycles. The summed E-state index contributed by atoms with van der Waals surface area (Å²) in [5.74, 6) is 0.226. The SMILES string of the molecule is CN1C(=O)[C@@]2(C[C@H]2c2ccc3c(I)nn(C(=O)OC(C)(C)C)c3c2)c2ccccc21. The number of amides is 1. The number of rotatable bonds is 1. The average molecular weight is 515 g/mol. The van der Waals surface area contributed by atoms with Gasteiger partial charge in [0.2, 0.25) is 5.91 Å². The zero-order chi connectivity index (χ0) is 21.4. The van der Waals surface area contributed by atoms with Gasteiger partial charge in [-0.15, -0.1) is 0 Å². The van der Waals surface area contributed by atoms with Gasteiger partial charge in [-0.2, -0.15) is 9.78 Å². The number of benzene rings is 2. The summed E-state index contributed by atoms with van der Waals surface area (Å²) in [6, 6.07) is 14.0. The third-order valence-corrected chi connectivity index (χ3v) is 6.82. The fourth-order valence-corrected chi connectivity index (χ4v) is 5.29. The van der Waals surface area contributed by atoms with Crippen LogP contribution in [0.25, 0.3) is 10.9 Å². The maximum atomic E-state index is 13.2. The molecule has 2 heterocycles. The van der Waals surface area contributed by atoms with Gasteiger partial charge in [-0.25, -0.2) is 4.79 Å². The lowest BCUT2D eigenvalue weighted by Crippen LogP contribution is -2.29. The first-order valence-corrected chi connectivity index (χ1v) is 11.0. The minimum Gasteiger partial charge on any atom is -0.442 e. The smallest absolute Gasteiger partial charge is 0.435 e. The van der Waals surface area contributed by atoms with Gasteiger partial charge in [-0.05, 0) is 79.1 Å². The molecule has 1 amide bonds. The van der Waals surface area contributed by atoms with Crippen molar-refractivity contribution in [2.24, 2.45) is 0 Å². The maximum absolute atomic E-state index is 13.2. The molecule has 30 heavy (non-hydrogen) atoms. The molecule has 6 nitrogen and oxygen atoms in total. The van der Waals surface area contributed by atoms with Gasteiger partial charge in [0.05, 0.1) is 10.9 Å². The van der Waals surface area contributed by atoms with E-state index < -0.39 is 17.1 Å². The maximum Gasteiger partial charge on any atom is 0.435 e. The van der Waals surface area contributed by atoms with E-state index in [0.717, 1.165) is 32.3 Å². The second-order valence-corrected chi connectivity index (χ2v) is 10.1. The largest absolute Gasteiger partial charge is 0.442 e. The van der Waals surface area contributed by atoms with Crippen molar-refractivity contribution >= 4 is 51.2 Å². The van der Waals surface area contributed by atoms with Crippen LogP contribution in [0.4, 0.5) is 10.5 Å². The number of ether oxygens (including phenoxy) is 1. The summed E-state index contributed by atoms with van der Waals surface area (Å²) < 4.78 is 7.60. The minimum atomic E-state index is -0.608. The van der Waals surface area contributed by atoms with Crippen LogP contribution in [0.5, 0.6) is 0 Å². The molecule has 0 unspecified atom stereocenters. The van der Waals surface area contributed by atoms with Crippen LogP contribution in [0.3, 0.4) is 0 Å². The van der Waals surface area contributed by atoms with Crippen molar-refractivity contribution in [3.63, 3.8) is 0 Å². The molecule has 0 radical (unpaired) electrons. The van der Waals surface area contributed by atoms with Crippen molar-refractivity contribution in [3.05, 3.63) is 57.3 Å². The first-order valence-electron chi connectivity index (χ1n) is 9.93. The zero-order valence-corrected chi connectivity index (χ0v) is 19.4. The fraction of sp³-hybridized carbons (Fsp3) is 0.348. The number of carbonyl (C=O) groups is 2. The molecule has 1 fully saturated rings. The summed E-state index contributed by atoms with van der Waals surface area (Å²) in [6.45, 7) is 5.50. The highest BCUT2D eigenvalue weighted by molar-refractivity contribution is 14.1. The van der Waals surface area contributed by atoms with E-state index in [1.165, 1.54) is 4.68 Å². The highest BCUT2D eigenvalue weighted by atomic mass is 127. The van der Waals surface area contributed by atoms with Crippen LogP contribution < -0.4 is 4.90 Å². The Morgan fingerprint density at radius 1 is 1.23 bits per heavy atom. The molecule has 0 bridgehead atoms. The second-order valence-electron chi connectivity index (χ2n) is 9.07. The van der Waals surface area contributed by atoms with E-state index in [1.807, 2.05) is 58.2 Å². The molecular weight excluding hydrogens is 493 g/mol. The molecule has 7 heteroatoms. The molecule has 2 aromatic carbocycles. The lowest BCUT2D eigenvalue weighted by atomic mass is 9.92. The Labute approximate surface area is 188 Å². The van der Waals surface area contributed by atoms with E-state index in [1.54, 1.807) is 4.90 Å². The number of carbonyl (C=O) groups excluding carboxylic acids is 2. The van der Waals surface area contributed by atoms with Crippen molar-refractivity contribution in [1.82, 2.24) is 9.78 Å². The molecule has 0 saturated heterocycles. The standard InChI is InChI=1S/C23H22IN3O3/c1-22(2,3)30-21(29)27-18-11-13(9-10-14(18)19(24)25-27)16-12-23(16)15-7-5-6-8-17(15)26(4)20(23)28/h5-11,16H,12H2,1-4H3/t16-,23-/m0/s1. The van der Waals surface area contributed by atoms with Crippen molar-refractivity contribution in [1.29, 1.82) is 0 Å². The first-order chi connectivity index (χ1) is 14.1. The lowest BCUT2D eigenvalue weighted by molar-refractivity contribution is -0.120. The number of hydrogen-bond donors (Lipinski definition) is 0. The highest BCUT2D eigenvalue weighted by Gasteiger charge is 2.66. The number of halogens is 1. The van der Waals surface area contributed by atoms with Crippen LogP contribution in [0.1, 0.15) is 44.2 Å². The molecule has 1 aromatic heterocycles. The fourth-order valence-electron chi connectivity index (χ4n) is 4.62. The van der Waals surface area contributed by atoms with Crippen molar-refractivity contribution in [3.8, 4) is 0 Å². The molecule has 0 N–H and O–H groups in total. The van der Waals surface area contributed by atoms with Gasteiger partial charge >= 0.3 is 6.09 Å². The Bertz CT molecular complexity index is 1230. The van der Waals surface area contributed by atoms with Gasteiger partial charge in [0, 0.05) is 24.0 Å². The van der Waals surface area contributed by atoms with E-state index in [0.29, 0.717) is 5.52 Å². The molecule has 1 aliphatic carbocycles. The normalized spacial score (nSPS) is 22.6. The van der Waals surface area contributed by atoms with Gasteiger partial charge in [0.25, 0.3) is 0 Å². The molecule has 1 spiro atoms. The predicted molar refractivity (Wildman–Crippen MR) is 123 cm³/mol. The van der Waals surface area contributed by atoms with E-state index >= 15 is 0 Å². The predicted octanol–water partition coefficient (Wildman–Crippen LogP) is 4.83. The number of fused-ring (bicyclic) bond motifs is 3. The van der Waals surface area contributed by atoms with Crippen LogP contribution in [0.15, 0.2) is 42.5 Å². The molecule has 5 rings (SSSR count). The van der Waals surface area contributed by atoms with E-state index in [9.17, 15) is 9.59 Å². The monoisotopic (exact) mass is 515 g/mol. The number of aromatic nitrogens is 2. The summed E-state index contributed by atoms with van der Waals surface area (Å²) in [6.07, 6.45) is 0.274. The summed E-state index contributed by atoms with van der Waals surface area (Å²) in [5, 5.41) is 5.30. The number of para-hydroxylation sites is 1. The van der Waals surface area contributed by atoms with Crippen molar-refractivity contribution in [2.45, 2.75) is 44.1 Å². The molecular formula is C23H22IN3O3. The third kappa shape index (κ3) is 2.71. The van der Waals surface area contributed by atoms with Gasteiger partial charge in [0.15, 0.2) is 0 Å². The van der Waals surface area contributed by atoms with Crippen LogP contribution in [0.2, 0.25) is 0 Å².